The van der Waals surface area contributed by atoms with Crippen molar-refractivity contribution in [1.82, 2.24) is 10.6 Å². The second kappa shape index (κ2) is 18.0. The lowest BCUT2D eigenvalue weighted by atomic mass is 10.0. The molecule has 0 aromatic heterocycles. The third-order valence-electron chi connectivity index (χ3n) is 7.56. The molecule has 0 fully saturated rings. The van der Waals surface area contributed by atoms with Crippen LogP contribution in [0.25, 0.3) is 6.08 Å². The number of nitrogens with zero attached hydrogens (tertiary/aromatic N) is 2. The number of phenols is 1. The van der Waals surface area contributed by atoms with Crippen LogP contribution in [0.3, 0.4) is 0 Å². The summed E-state index contributed by atoms with van der Waals surface area (Å²) in [4.78, 5) is 26.0. The van der Waals surface area contributed by atoms with Gasteiger partial charge in [0.2, 0.25) is 0 Å². The van der Waals surface area contributed by atoms with Crippen molar-refractivity contribution in [3.05, 3.63) is 107 Å². The maximum Gasteiger partial charge on any atom is 0.446 e. The van der Waals surface area contributed by atoms with Crippen molar-refractivity contribution in [3.8, 4) is 34.5 Å². The van der Waals surface area contributed by atoms with Crippen LogP contribution in [-0.2, 0) is 32.8 Å². The number of aliphatic hydroxyl groups excluding tert-OH is 1. The van der Waals surface area contributed by atoms with Gasteiger partial charge in [0.1, 0.15) is 17.6 Å². The van der Waals surface area contributed by atoms with E-state index in [1.54, 1.807) is 12.1 Å². The number of rotatable bonds is 2. The van der Waals surface area contributed by atoms with Crippen molar-refractivity contribution in [2.45, 2.75) is 18.9 Å². The number of carbonyl (C=O) groups is 2. The number of carbonyl (C=O) groups excluding carboxylic acids is 2. The molecule has 4 aromatic rings. The van der Waals surface area contributed by atoms with Crippen LogP contribution in [0.2, 0.25) is 0 Å². The Balaban J connectivity index is 1.53. The number of aliphatic hydroxyl groups is 1. The summed E-state index contributed by atoms with van der Waals surface area (Å²) in [5, 5.41) is 52.5. The van der Waals surface area contributed by atoms with Gasteiger partial charge < -0.3 is 44.9 Å². The summed E-state index contributed by atoms with van der Waals surface area (Å²) in [5.41, 5.74) is 0.634. The van der Waals surface area contributed by atoms with Crippen molar-refractivity contribution >= 4 is 103 Å². The molecule has 4 aromatic carbocycles. The molecule has 8 bridgehead atoms. The van der Waals surface area contributed by atoms with Crippen LogP contribution in [0.4, 0.5) is 0 Å². The highest BCUT2D eigenvalue weighted by molar-refractivity contribution is 9.11. The van der Waals surface area contributed by atoms with Gasteiger partial charge in [0.25, 0.3) is 11.8 Å². The Kier molecular flexibility index (Phi) is 13.6. The van der Waals surface area contributed by atoms with Gasteiger partial charge >= 0.3 is 10.4 Å². The number of oxime groups is 2. The fraction of sp³-hybridized carbons (Fsp3) is 0.118. The molecule has 0 spiro atoms. The fourth-order valence-electron chi connectivity index (χ4n) is 4.99. The average molecular weight is 1030 g/mol. The largest absolute Gasteiger partial charge is 0.503 e. The molecule has 8 rings (SSSR count). The van der Waals surface area contributed by atoms with E-state index in [4.69, 9.17) is 13.7 Å². The first kappa shape index (κ1) is 41.6. The van der Waals surface area contributed by atoms with Crippen molar-refractivity contribution in [2.75, 3.05) is 6.54 Å². The molecule has 0 aliphatic carbocycles. The number of nitrogens with one attached hydrogen (secondary N) is 2. The first-order valence-electron chi connectivity index (χ1n) is 15.4. The Morgan fingerprint density at radius 2 is 1.51 bits per heavy atom. The van der Waals surface area contributed by atoms with Crippen LogP contribution in [0.5, 0.6) is 34.5 Å². The van der Waals surface area contributed by atoms with Crippen LogP contribution in [0.15, 0.2) is 95.1 Å². The van der Waals surface area contributed by atoms with E-state index in [1.165, 1.54) is 60.8 Å². The molecule has 0 saturated heterocycles. The molecule has 1 unspecified atom stereocenters. The summed E-state index contributed by atoms with van der Waals surface area (Å²) in [6.45, 7) is -0.0479. The molecule has 16 nitrogen and oxygen atoms in total. The van der Waals surface area contributed by atoms with E-state index in [0.717, 1.165) is 0 Å². The SMILES string of the molecule is O=C1N/C=C\c2ccc(c(Br)c2)Oc2cc(ccc2OS(=O)(=O)O)CCNC(=O)/C(=N/O)C(O)c2cc(Br)c(c(Br)c2)Oc2cc(cc(Br)c2O)C/C1=N\O. The Morgan fingerprint density at radius 3 is 2.16 bits per heavy atom. The van der Waals surface area contributed by atoms with Gasteiger partial charge in [-0.15, -0.1) is 0 Å². The lowest BCUT2D eigenvalue weighted by Crippen LogP contribution is -2.36. The lowest BCUT2D eigenvalue weighted by Gasteiger charge is -2.17. The molecule has 4 aliphatic rings. The number of halogens is 4. The Bertz CT molecular complexity index is 2350. The summed E-state index contributed by atoms with van der Waals surface area (Å²) in [6, 6.07) is 14.6. The van der Waals surface area contributed by atoms with E-state index >= 15 is 0 Å². The molecule has 0 saturated carbocycles. The molecule has 4 heterocycles. The summed E-state index contributed by atoms with van der Waals surface area (Å²) < 4.78 is 50.2. The Labute approximate surface area is 346 Å². The second-order valence-corrected chi connectivity index (χ2v) is 15.8. The van der Waals surface area contributed by atoms with E-state index < -0.39 is 34.0 Å². The van der Waals surface area contributed by atoms with E-state index in [-0.39, 0.29) is 78.6 Å². The van der Waals surface area contributed by atoms with Crippen LogP contribution in [-0.4, -0.2) is 63.4 Å². The maximum absolute atomic E-state index is 13.1. The third kappa shape index (κ3) is 10.6. The van der Waals surface area contributed by atoms with Crippen molar-refractivity contribution in [2.24, 2.45) is 10.3 Å². The zero-order valence-corrected chi connectivity index (χ0v) is 34.7. The molecule has 55 heavy (non-hydrogen) atoms. The minimum absolute atomic E-state index is 0.0479. The van der Waals surface area contributed by atoms with Crippen molar-refractivity contribution < 1.29 is 56.8 Å². The highest BCUT2D eigenvalue weighted by Crippen LogP contribution is 2.44. The molecule has 2 amide bonds. The summed E-state index contributed by atoms with van der Waals surface area (Å²) >= 11 is 13.4. The molecular formula is C34H26Br4N4O12S. The number of amides is 2. The number of phenolic OH excluding ortho intramolecular Hbond substituents is 1. The fourth-order valence-corrected chi connectivity index (χ4v) is 7.70. The van der Waals surface area contributed by atoms with Crippen molar-refractivity contribution in [1.29, 1.82) is 0 Å². The topological polar surface area (TPSA) is 246 Å². The van der Waals surface area contributed by atoms with E-state index in [0.29, 0.717) is 21.2 Å². The molecule has 0 radical (unpaired) electrons. The quantitative estimate of drug-likeness (QED) is 0.0616. The maximum atomic E-state index is 13.1. The smallest absolute Gasteiger partial charge is 0.446 e. The van der Waals surface area contributed by atoms with Gasteiger partial charge in [-0.1, -0.05) is 22.4 Å². The molecule has 1 atom stereocenters. The number of hydrogen-bond acceptors (Lipinski definition) is 13. The molecular weight excluding hydrogens is 1010 g/mol. The number of benzene rings is 4. The van der Waals surface area contributed by atoms with Gasteiger partial charge in [0.15, 0.2) is 34.5 Å². The zero-order valence-electron chi connectivity index (χ0n) is 27.5. The first-order chi connectivity index (χ1) is 26.1. The van der Waals surface area contributed by atoms with Crippen LogP contribution in [0, 0.1) is 0 Å². The molecule has 7 N–H and O–H groups in total. The van der Waals surface area contributed by atoms with Gasteiger partial charge in [-0.3, -0.25) is 14.1 Å². The second-order valence-electron chi connectivity index (χ2n) is 11.3. The number of aromatic hydroxyl groups is 1. The predicted molar refractivity (Wildman–Crippen MR) is 212 cm³/mol. The standard InChI is InChI=1S/C34H26Br4N4O12S/c35-20-9-16-1-3-25(20)52-27-12-17(2-4-26(27)54-55(49,50)51)6-8-40-34(46)29(42-48)30(43)19-14-22(37)32(23(38)15-19)53-28-13-18(10-21(36)31(28)44)11-24(41-47)33(45)39-7-5-16/h1-5,7,9-10,12-15,30,43-44,47-48H,6,8,11H2,(H,39,45)(H,40,46)(H,49,50,51)/b7-5-,41-24+,42-29+. The number of hydrogen-bond donors (Lipinski definition) is 7. The van der Waals surface area contributed by atoms with Gasteiger partial charge in [0.05, 0.1) is 17.9 Å². The zero-order chi connectivity index (χ0) is 40.0. The van der Waals surface area contributed by atoms with E-state index in [1.807, 2.05) is 0 Å². The molecule has 21 heteroatoms. The van der Waals surface area contributed by atoms with Crippen LogP contribution < -0.4 is 24.3 Å². The molecule has 4 aliphatic heterocycles. The Morgan fingerprint density at radius 1 is 0.800 bits per heavy atom. The predicted octanol–water partition coefficient (Wildman–Crippen LogP) is 6.90. The van der Waals surface area contributed by atoms with Gasteiger partial charge in [-0.2, -0.15) is 8.42 Å². The normalized spacial score (nSPS) is 17.7. The van der Waals surface area contributed by atoms with Crippen LogP contribution in [0.1, 0.15) is 28.4 Å². The first-order valence-corrected chi connectivity index (χ1v) is 19.9. The van der Waals surface area contributed by atoms with E-state index in [2.05, 4.69) is 84.7 Å². The number of ether oxygens (including phenoxy) is 2. The minimum atomic E-state index is -4.95. The minimum Gasteiger partial charge on any atom is -0.503 e. The monoisotopic (exact) mass is 1030 g/mol. The van der Waals surface area contributed by atoms with Gasteiger partial charge in [-0.25, -0.2) is 0 Å². The summed E-state index contributed by atoms with van der Waals surface area (Å²) in [5.74, 6) is -2.16. The van der Waals surface area contributed by atoms with Crippen LogP contribution >= 0.6 is 63.7 Å². The highest BCUT2D eigenvalue weighted by Gasteiger charge is 2.26. The summed E-state index contributed by atoms with van der Waals surface area (Å²) in [7, 11) is -4.95. The lowest BCUT2D eigenvalue weighted by molar-refractivity contribution is -0.115. The average Bonchev–Trinajstić information content (AvgIpc) is 3.11. The third-order valence-corrected chi connectivity index (χ3v) is 10.4. The highest BCUT2D eigenvalue weighted by atomic mass is 79.9. The Hall–Kier alpha value is -4.51. The van der Waals surface area contributed by atoms with E-state index in [9.17, 15) is 43.2 Å². The molecule has 288 valence electrons. The van der Waals surface area contributed by atoms with Gasteiger partial charge in [-0.05, 0) is 147 Å². The summed E-state index contributed by atoms with van der Waals surface area (Å²) in [6.07, 6.45) is 1.05. The van der Waals surface area contributed by atoms with Gasteiger partial charge in [0, 0.05) is 19.2 Å². The van der Waals surface area contributed by atoms with Crippen molar-refractivity contribution in [3.63, 3.8) is 0 Å².